The molecule has 0 unspecified atom stereocenters. The molecule has 0 aliphatic heterocycles. The maximum atomic E-state index is 13.4. The summed E-state index contributed by atoms with van der Waals surface area (Å²) in [5, 5.41) is 7.78. The van der Waals surface area contributed by atoms with E-state index in [9.17, 15) is 14.4 Å². The van der Waals surface area contributed by atoms with E-state index in [2.05, 4.69) is 27.3 Å². The molecule has 5 aromatic rings. The van der Waals surface area contributed by atoms with Crippen molar-refractivity contribution >= 4 is 58.0 Å². The highest BCUT2D eigenvalue weighted by molar-refractivity contribution is 7.99. The first-order valence-corrected chi connectivity index (χ1v) is 15.9. The van der Waals surface area contributed by atoms with Crippen LogP contribution in [-0.2, 0) is 19.3 Å². The Morgan fingerprint density at radius 2 is 0.833 bits per heavy atom. The van der Waals surface area contributed by atoms with Gasteiger partial charge in [0.2, 0.25) is 0 Å². The van der Waals surface area contributed by atoms with Crippen LogP contribution in [-0.4, -0.2) is 29.1 Å². The lowest BCUT2D eigenvalue weighted by atomic mass is 10.0. The Labute approximate surface area is 283 Å². The summed E-state index contributed by atoms with van der Waals surface area (Å²) >= 11 is 1.65. The molecule has 9 heteroatoms. The standard InChI is InChI=1S/C39H33N3O5S/c1-26(40-46-28(3)43)30-10-18-34(19-11-30)42(35-20-12-31(13-21-35)27(2)41-47-29(4)44)36-22-14-32(15-23-36)39(45)33-16-24-38(25-17-33)48-37-8-6-5-7-9-37/h5-25H,1-4H3. The molecule has 0 saturated heterocycles. The topological polar surface area (TPSA) is 97.6 Å². The van der Waals surface area contributed by atoms with E-state index in [1.54, 1.807) is 25.6 Å². The predicted molar refractivity (Wildman–Crippen MR) is 190 cm³/mol. The van der Waals surface area contributed by atoms with E-state index in [0.29, 0.717) is 22.6 Å². The van der Waals surface area contributed by atoms with E-state index < -0.39 is 11.9 Å². The summed E-state index contributed by atoms with van der Waals surface area (Å²) in [6.07, 6.45) is 0. The van der Waals surface area contributed by atoms with Crippen molar-refractivity contribution in [2.24, 2.45) is 10.3 Å². The van der Waals surface area contributed by atoms with Crippen molar-refractivity contribution in [3.8, 4) is 0 Å². The fraction of sp³-hybridized carbons (Fsp3) is 0.103. The van der Waals surface area contributed by atoms with Crippen molar-refractivity contribution in [2.45, 2.75) is 37.5 Å². The number of hydrogen-bond acceptors (Lipinski definition) is 9. The number of anilines is 3. The molecule has 0 radical (unpaired) electrons. The molecule has 0 heterocycles. The Bertz CT molecular complexity index is 1880. The largest absolute Gasteiger partial charge is 0.331 e. The third-order valence-electron chi connectivity index (χ3n) is 7.19. The quantitative estimate of drug-likeness (QED) is 0.0606. The van der Waals surface area contributed by atoms with E-state index in [1.165, 1.54) is 13.8 Å². The summed E-state index contributed by atoms with van der Waals surface area (Å²) in [6.45, 7) is 6.13. The molecule has 240 valence electrons. The van der Waals surface area contributed by atoms with E-state index in [-0.39, 0.29) is 5.78 Å². The zero-order valence-corrected chi connectivity index (χ0v) is 27.7. The smallest absolute Gasteiger partial charge is 0.318 e. The van der Waals surface area contributed by atoms with Gasteiger partial charge in [-0.05, 0) is 110 Å². The van der Waals surface area contributed by atoms with Crippen molar-refractivity contribution < 1.29 is 24.1 Å². The van der Waals surface area contributed by atoms with Crippen molar-refractivity contribution in [1.82, 2.24) is 0 Å². The van der Waals surface area contributed by atoms with Gasteiger partial charge >= 0.3 is 11.9 Å². The number of hydrogen-bond donors (Lipinski definition) is 0. The normalized spacial score (nSPS) is 11.5. The molecule has 0 aliphatic rings. The Hall–Kier alpha value is -5.80. The Morgan fingerprint density at radius 1 is 0.479 bits per heavy atom. The highest BCUT2D eigenvalue weighted by atomic mass is 32.2. The Kier molecular flexibility index (Phi) is 11.0. The molecule has 0 aliphatic carbocycles. The molecular formula is C39H33N3O5S. The monoisotopic (exact) mass is 655 g/mol. The lowest BCUT2D eigenvalue weighted by Crippen LogP contribution is -2.11. The molecule has 8 nitrogen and oxygen atoms in total. The Morgan fingerprint density at radius 3 is 1.23 bits per heavy atom. The van der Waals surface area contributed by atoms with E-state index in [0.717, 1.165) is 38.0 Å². The lowest BCUT2D eigenvalue weighted by molar-refractivity contribution is -0.141. The molecule has 0 spiro atoms. The molecule has 0 fully saturated rings. The van der Waals surface area contributed by atoms with Crippen LogP contribution in [0, 0.1) is 0 Å². The van der Waals surface area contributed by atoms with Gasteiger partial charge in [0.25, 0.3) is 0 Å². The summed E-state index contributed by atoms with van der Waals surface area (Å²) in [6, 6.07) is 40.6. The molecule has 48 heavy (non-hydrogen) atoms. The SMILES string of the molecule is CC(=O)ON=C(C)c1ccc(N(c2ccc(C(=O)c3ccc(Sc4ccccc4)cc3)cc2)c2ccc(C(C)=NOC(C)=O)cc2)cc1. The van der Waals surface area contributed by atoms with E-state index in [4.69, 9.17) is 9.68 Å². The minimum atomic E-state index is -0.491. The van der Waals surface area contributed by atoms with Crippen molar-refractivity contribution in [3.63, 3.8) is 0 Å². The van der Waals surface area contributed by atoms with Crippen molar-refractivity contribution in [1.29, 1.82) is 0 Å². The van der Waals surface area contributed by atoms with Crippen LogP contribution in [0.5, 0.6) is 0 Å². The highest BCUT2D eigenvalue weighted by Gasteiger charge is 2.16. The van der Waals surface area contributed by atoms with Gasteiger partial charge in [-0.3, -0.25) is 4.79 Å². The van der Waals surface area contributed by atoms with E-state index >= 15 is 0 Å². The predicted octanol–water partition coefficient (Wildman–Crippen LogP) is 9.11. The molecule has 0 atom stereocenters. The molecule has 5 aromatic carbocycles. The number of carbonyl (C=O) groups excluding carboxylic acids is 3. The van der Waals surface area contributed by atoms with Gasteiger partial charge in [-0.2, -0.15) is 0 Å². The second kappa shape index (κ2) is 15.7. The number of carbonyl (C=O) groups is 3. The van der Waals surface area contributed by atoms with Gasteiger partial charge < -0.3 is 14.6 Å². The van der Waals surface area contributed by atoms with Crippen LogP contribution >= 0.6 is 11.8 Å². The van der Waals surface area contributed by atoms with Crippen LogP contribution < -0.4 is 4.90 Å². The maximum Gasteiger partial charge on any atom is 0.331 e. The van der Waals surface area contributed by atoms with Gasteiger partial charge in [-0.25, -0.2) is 9.59 Å². The minimum absolute atomic E-state index is 0.0665. The first kappa shape index (κ1) is 33.6. The van der Waals surface area contributed by atoms with Crippen molar-refractivity contribution in [3.05, 3.63) is 150 Å². The second-order valence-corrected chi connectivity index (χ2v) is 11.9. The lowest BCUT2D eigenvalue weighted by Gasteiger charge is -2.26. The van der Waals surface area contributed by atoms with Crippen LogP contribution in [0.15, 0.2) is 147 Å². The molecular weight excluding hydrogens is 623 g/mol. The third kappa shape index (κ3) is 8.71. The van der Waals surface area contributed by atoms with Gasteiger partial charge in [0, 0.05) is 51.8 Å². The number of rotatable bonds is 11. The number of benzene rings is 5. The van der Waals surface area contributed by atoms with Crippen LogP contribution in [0.4, 0.5) is 17.1 Å². The Balaban J connectivity index is 1.42. The molecule has 0 amide bonds. The fourth-order valence-corrected chi connectivity index (χ4v) is 5.59. The second-order valence-electron chi connectivity index (χ2n) is 10.8. The summed E-state index contributed by atoms with van der Waals surface area (Å²) in [4.78, 5) is 49.7. The molecule has 0 N–H and O–H groups in total. The van der Waals surface area contributed by atoms with Gasteiger partial charge in [0.1, 0.15) is 0 Å². The van der Waals surface area contributed by atoms with E-state index in [1.807, 2.05) is 115 Å². The molecule has 5 rings (SSSR count). The van der Waals surface area contributed by atoms with Gasteiger partial charge in [0.05, 0.1) is 11.4 Å². The maximum absolute atomic E-state index is 13.4. The van der Waals surface area contributed by atoms with Gasteiger partial charge in [0.15, 0.2) is 5.78 Å². The molecule has 0 bridgehead atoms. The van der Waals surface area contributed by atoms with Gasteiger partial charge in [-0.1, -0.05) is 64.5 Å². The van der Waals surface area contributed by atoms with Crippen molar-refractivity contribution in [2.75, 3.05) is 4.90 Å². The van der Waals surface area contributed by atoms with Crippen LogP contribution in [0.1, 0.15) is 54.7 Å². The third-order valence-corrected chi connectivity index (χ3v) is 8.21. The minimum Gasteiger partial charge on any atom is -0.318 e. The number of ketones is 1. The summed E-state index contributed by atoms with van der Waals surface area (Å²) in [5.74, 6) is -1.05. The summed E-state index contributed by atoms with van der Waals surface area (Å²) < 4.78 is 0. The zero-order chi connectivity index (χ0) is 34.0. The average molecular weight is 656 g/mol. The fourth-order valence-electron chi connectivity index (χ4n) is 4.75. The van der Waals surface area contributed by atoms with Crippen LogP contribution in [0.25, 0.3) is 0 Å². The van der Waals surface area contributed by atoms with Gasteiger partial charge in [-0.15, -0.1) is 0 Å². The number of nitrogens with zero attached hydrogens (tertiary/aromatic N) is 3. The summed E-state index contributed by atoms with van der Waals surface area (Å²) in [7, 11) is 0. The zero-order valence-electron chi connectivity index (χ0n) is 26.9. The highest BCUT2D eigenvalue weighted by Crippen LogP contribution is 2.35. The first-order chi connectivity index (χ1) is 23.2. The van der Waals surface area contributed by atoms with Crippen LogP contribution in [0.3, 0.4) is 0 Å². The molecule has 0 saturated carbocycles. The molecule has 0 aromatic heterocycles. The first-order valence-electron chi connectivity index (χ1n) is 15.1. The number of oxime groups is 2. The average Bonchev–Trinajstić information content (AvgIpc) is 3.11. The summed E-state index contributed by atoms with van der Waals surface area (Å²) in [5.41, 5.74) is 6.42. The van der Waals surface area contributed by atoms with Crippen LogP contribution in [0.2, 0.25) is 0 Å².